The molecule has 0 amide bonds. The van der Waals surface area contributed by atoms with Gasteiger partial charge in [-0.15, -0.1) is 5.10 Å². The summed E-state index contributed by atoms with van der Waals surface area (Å²) >= 11 is 1.39. The second-order valence-electron chi connectivity index (χ2n) is 5.51. The van der Waals surface area contributed by atoms with E-state index >= 15 is 0 Å². The summed E-state index contributed by atoms with van der Waals surface area (Å²) in [6, 6.07) is 1.54. The fourth-order valence-electron chi connectivity index (χ4n) is 2.68. The Labute approximate surface area is 131 Å². The van der Waals surface area contributed by atoms with E-state index in [4.69, 9.17) is 5.11 Å². The summed E-state index contributed by atoms with van der Waals surface area (Å²) in [7, 11) is 0. The van der Waals surface area contributed by atoms with Gasteiger partial charge in [-0.2, -0.15) is 4.52 Å². The number of carbonyl (C=O) groups is 1. The van der Waals surface area contributed by atoms with Gasteiger partial charge in [0.05, 0.1) is 5.92 Å². The summed E-state index contributed by atoms with van der Waals surface area (Å²) in [6.07, 6.45) is 2.93. The fourth-order valence-corrected chi connectivity index (χ4v) is 3.65. The minimum absolute atomic E-state index is 0.156. The summed E-state index contributed by atoms with van der Waals surface area (Å²) in [4.78, 5) is 30.2. The lowest BCUT2D eigenvalue weighted by Gasteiger charge is -2.29. The highest BCUT2D eigenvalue weighted by molar-refractivity contribution is 7.20. The average Bonchev–Trinajstić information content (AvgIpc) is 2.92. The van der Waals surface area contributed by atoms with Gasteiger partial charge in [-0.05, 0) is 19.3 Å². The quantitative estimate of drug-likeness (QED) is 0.915. The van der Waals surface area contributed by atoms with E-state index < -0.39 is 5.97 Å². The van der Waals surface area contributed by atoms with Crippen LogP contribution < -0.4 is 10.5 Å². The number of aliphatic carboxylic acids is 1. The Morgan fingerprint density at radius 1 is 1.45 bits per heavy atom. The van der Waals surface area contributed by atoms with Crippen LogP contribution in [0.4, 0.5) is 5.13 Å². The van der Waals surface area contributed by atoms with E-state index in [2.05, 4.69) is 10.1 Å². The van der Waals surface area contributed by atoms with Gasteiger partial charge in [0.25, 0.3) is 5.56 Å². The molecular formula is C14H18N4O3S. The van der Waals surface area contributed by atoms with Crippen molar-refractivity contribution < 1.29 is 9.90 Å². The summed E-state index contributed by atoms with van der Waals surface area (Å²) in [5.41, 5.74) is 0.642. The van der Waals surface area contributed by atoms with E-state index in [1.807, 2.05) is 11.8 Å². The number of carboxylic acids is 1. The first-order chi connectivity index (χ1) is 10.6. The maximum atomic E-state index is 12.1. The Balaban J connectivity index is 1.85. The molecule has 2 aromatic rings. The molecule has 3 rings (SSSR count). The van der Waals surface area contributed by atoms with Crippen LogP contribution in [0, 0.1) is 5.92 Å². The molecule has 1 fully saturated rings. The van der Waals surface area contributed by atoms with E-state index in [9.17, 15) is 9.59 Å². The normalized spacial score (nSPS) is 16.3. The Morgan fingerprint density at radius 3 is 2.82 bits per heavy atom. The number of anilines is 1. The number of hydrogen-bond donors (Lipinski definition) is 1. The maximum absolute atomic E-state index is 12.1. The molecule has 3 heterocycles. The minimum atomic E-state index is -0.731. The van der Waals surface area contributed by atoms with Crippen LogP contribution in [0.5, 0.6) is 0 Å². The molecule has 7 nitrogen and oxygen atoms in total. The van der Waals surface area contributed by atoms with E-state index in [1.165, 1.54) is 21.9 Å². The van der Waals surface area contributed by atoms with Gasteiger partial charge in [0.1, 0.15) is 0 Å². The van der Waals surface area contributed by atoms with Gasteiger partial charge in [0.2, 0.25) is 10.1 Å². The average molecular weight is 322 g/mol. The first-order valence-electron chi connectivity index (χ1n) is 7.46. The standard InChI is InChI=1S/C14H18N4O3S/c1-2-3-10-8-11(19)18-13(15-10)22-14(16-18)17-6-4-9(5-7-17)12(20)21/h8-9H,2-7H2,1H3,(H,20,21). The molecule has 1 aliphatic heterocycles. The summed E-state index contributed by atoms with van der Waals surface area (Å²) in [5, 5.41) is 14.1. The molecule has 0 saturated carbocycles. The molecule has 0 unspecified atom stereocenters. The van der Waals surface area contributed by atoms with Crippen molar-refractivity contribution in [3.8, 4) is 0 Å². The second kappa shape index (κ2) is 6.04. The van der Waals surface area contributed by atoms with Crippen molar-refractivity contribution in [1.82, 2.24) is 14.6 Å². The zero-order chi connectivity index (χ0) is 15.7. The molecule has 2 aromatic heterocycles. The molecule has 1 saturated heterocycles. The zero-order valence-electron chi connectivity index (χ0n) is 12.4. The topological polar surface area (TPSA) is 87.8 Å². The SMILES string of the molecule is CCCc1cc(=O)n2nc(N3CCC(C(=O)O)CC3)sc2n1. The van der Waals surface area contributed by atoms with E-state index in [0.717, 1.165) is 23.7 Å². The molecule has 0 aromatic carbocycles. The Hall–Kier alpha value is -1.96. The lowest BCUT2D eigenvalue weighted by Crippen LogP contribution is -2.36. The highest BCUT2D eigenvalue weighted by atomic mass is 32.1. The summed E-state index contributed by atoms with van der Waals surface area (Å²) in [5.74, 6) is -1.01. The molecule has 0 aliphatic carbocycles. The monoisotopic (exact) mass is 322 g/mol. The smallest absolute Gasteiger partial charge is 0.306 e. The number of carboxylic acid groups (broad SMARTS) is 1. The number of aryl methyl sites for hydroxylation is 1. The van der Waals surface area contributed by atoms with Gasteiger partial charge < -0.3 is 10.0 Å². The van der Waals surface area contributed by atoms with Crippen LogP contribution in [-0.2, 0) is 11.2 Å². The third-order valence-electron chi connectivity index (χ3n) is 3.91. The number of aromatic nitrogens is 3. The van der Waals surface area contributed by atoms with Crippen LogP contribution in [0.2, 0.25) is 0 Å². The van der Waals surface area contributed by atoms with E-state index in [-0.39, 0.29) is 11.5 Å². The van der Waals surface area contributed by atoms with Crippen molar-refractivity contribution in [2.24, 2.45) is 5.92 Å². The molecule has 8 heteroatoms. The minimum Gasteiger partial charge on any atom is -0.481 e. The van der Waals surface area contributed by atoms with Crippen molar-refractivity contribution in [3.05, 3.63) is 22.1 Å². The lowest BCUT2D eigenvalue weighted by molar-refractivity contribution is -0.142. The fraction of sp³-hybridized carbons (Fsp3) is 0.571. The van der Waals surface area contributed by atoms with Crippen molar-refractivity contribution in [1.29, 1.82) is 0 Å². The van der Waals surface area contributed by atoms with Gasteiger partial charge in [0, 0.05) is 24.8 Å². The first kappa shape index (κ1) is 15.0. The van der Waals surface area contributed by atoms with Crippen molar-refractivity contribution in [3.63, 3.8) is 0 Å². The van der Waals surface area contributed by atoms with Crippen LogP contribution in [-0.4, -0.2) is 38.8 Å². The predicted octanol–water partition coefficient (Wildman–Crippen LogP) is 1.40. The second-order valence-corrected chi connectivity index (χ2v) is 6.45. The third-order valence-corrected chi connectivity index (χ3v) is 4.88. The highest BCUT2D eigenvalue weighted by Crippen LogP contribution is 2.26. The first-order valence-corrected chi connectivity index (χ1v) is 8.27. The molecule has 0 radical (unpaired) electrons. The molecule has 1 aliphatic rings. The zero-order valence-corrected chi connectivity index (χ0v) is 13.2. The van der Waals surface area contributed by atoms with Gasteiger partial charge in [-0.1, -0.05) is 24.7 Å². The lowest BCUT2D eigenvalue weighted by atomic mass is 9.98. The molecule has 0 spiro atoms. The third kappa shape index (κ3) is 2.83. The van der Waals surface area contributed by atoms with Crippen LogP contribution in [0.25, 0.3) is 4.96 Å². The molecule has 0 bridgehead atoms. The number of nitrogens with zero attached hydrogens (tertiary/aromatic N) is 4. The summed E-state index contributed by atoms with van der Waals surface area (Å²) in [6.45, 7) is 3.34. The van der Waals surface area contributed by atoms with Crippen LogP contribution in [0.15, 0.2) is 10.9 Å². The van der Waals surface area contributed by atoms with Crippen LogP contribution in [0.1, 0.15) is 31.9 Å². The molecule has 0 atom stereocenters. The predicted molar refractivity (Wildman–Crippen MR) is 83.7 cm³/mol. The molecule has 1 N–H and O–H groups in total. The summed E-state index contributed by atoms with van der Waals surface area (Å²) < 4.78 is 1.34. The van der Waals surface area contributed by atoms with Crippen LogP contribution in [0.3, 0.4) is 0 Å². The number of hydrogen-bond acceptors (Lipinski definition) is 6. The van der Waals surface area contributed by atoms with Crippen molar-refractivity contribution in [2.45, 2.75) is 32.6 Å². The van der Waals surface area contributed by atoms with E-state index in [0.29, 0.717) is 30.9 Å². The molecule has 22 heavy (non-hydrogen) atoms. The number of piperidine rings is 1. The van der Waals surface area contributed by atoms with Gasteiger partial charge >= 0.3 is 5.97 Å². The number of fused-ring (bicyclic) bond motifs is 1. The van der Waals surface area contributed by atoms with Gasteiger partial charge in [0.15, 0.2) is 0 Å². The Bertz CT molecular complexity index is 746. The van der Waals surface area contributed by atoms with Gasteiger partial charge in [-0.3, -0.25) is 9.59 Å². The van der Waals surface area contributed by atoms with Crippen LogP contribution >= 0.6 is 11.3 Å². The Kier molecular flexibility index (Phi) is 4.10. The van der Waals surface area contributed by atoms with E-state index in [1.54, 1.807) is 0 Å². The van der Waals surface area contributed by atoms with Gasteiger partial charge in [-0.25, -0.2) is 4.98 Å². The van der Waals surface area contributed by atoms with Crippen molar-refractivity contribution >= 4 is 27.4 Å². The van der Waals surface area contributed by atoms with Crippen molar-refractivity contribution in [2.75, 3.05) is 18.0 Å². The molecule has 118 valence electrons. The largest absolute Gasteiger partial charge is 0.481 e. The number of rotatable bonds is 4. The maximum Gasteiger partial charge on any atom is 0.306 e. The highest BCUT2D eigenvalue weighted by Gasteiger charge is 2.26. The Morgan fingerprint density at radius 2 is 2.18 bits per heavy atom. The molecular weight excluding hydrogens is 304 g/mol.